The van der Waals surface area contributed by atoms with Gasteiger partial charge in [0.2, 0.25) is 0 Å². The van der Waals surface area contributed by atoms with E-state index in [-0.39, 0.29) is 18.6 Å². The first-order chi connectivity index (χ1) is 11.3. The molecule has 0 radical (unpaired) electrons. The highest BCUT2D eigenvalue weighted by molar-refractivity contribution is 5.93. The Labute approximate surface area is 135 Å². The van der Waals surface area contributed by atoms with Crippen LogP contribution in [0.15, 0.2) is 47.3 Å². The Balaban J connectivity index is 1.65. The summed E-state index contributed by atoms with van der Waals surface area (Å²) >= 11 is 0. The molecule has 2 heterocycles. The number of aliphatic hydroxyl groups excluding tert-OH is 1. The Morgan fingerprint density at radius 3 is 2.87 bits per heavy atom. The lowest BCUT2D eigenvalue weighted by Crippen LogP contribution is -2.32. The zero-order valence-corrected chi connectivity index (χ0v) is 13.1. The molecule has 0 bridgehead atoms. The number of hydrogen-bond acceptors (Lipinski definition) is 4. The van der Waals surface area contributed by atoms with E-state index >= 15 is 0 Å². The van der Waals surface area contributed by atoms with Gasteiger partial charge in [-0.05, 0) is 36.6 Å². The summed E-state index contributed by atoms with van der Waals surface area (Å²) in [4.78, 5) is 14.3. The van der Waals surface area contributed by atoms with Crippen LogP contribution >= 0.6 is 0 Å². The number of aliphatic hydroxyl groups is 1. The molecule has 0 unspecified atom stereocenters. The summed E-state index contributed by atoms with van der Waals surface area (Å²) in [5.41, 5.74) is 2.83. The predicted molar refractivity (Wildman–Crippen MR) is 86.8 cm³/mol. The maximum absolute atomic E-state index is 12.0. The van der Waals surface area contributed by atoms with Crippen LogP contribution in [-0.4, -0.2) is 35.1 Å². The van der Waals surface area contributed by atoms with Crippen molar-refractivity contribution in [3.05, 3.63) is 59.5 Å². The smallest absolute Gasteiger partial charge is 0.254 e. The van der Waals surface area contributed by atoms with Crippen LogP contribution in [-0.2, 0) is 13.1 Å². The quantitative estimate of drug-likeness (QED) is 0.857. The molecule has 122 valence electrons. The molecule has 23 heavy (non-hydrogen) atoms. The predicted octanol–water partition coefficient (Wildman–Crippen LogP) is 2.17. The van der Waals surface area contributed by atoms with Crippen molar-refractivity contribution < 1.29 is 14.3 Å². The first kappa shape index (κ1) is 15.8. The molecule has 1 amide bonds. The van der Waals surface area contributed by atoms with E-state index < -0.39 is 0 Å². The third-order valence-corrected chi connectivity index (χ3v) is 4.42. The normalized spacial score (nSPS) is 18.2. The number of carbonyl (C=O) groups is 1. The zero-order valence-electron chi connectivity index (χ0n) is 13.1. The van der Waals surface area contributed by atoms with Crippen molar-refractivity contribution in [1.82, 2.24) is 10.2 Å². The fourth-order valence-corrected chi connectivity index (χ4v) is 3.08. The number of nitrogens with zero attached hydrogens (tertiary/aromatic N) is 1. The summed E-state index contributed by atoms with van der Waals surface area (Å²) in [5.74, 6) is -0.136. The highest BCUT2D eigenvalue weighted by atomic mass is 16.3. The van der Waals surface area contributed by atoms with Gasteiger partial charge in [0.15, 0.2) is 0 Å². The number of amides is 1. The molecule has 1 aromatic heterocycles. The number of rotatable bonds is 6. The van der Waals surface area contributed by atoms with Gasteiger partial charge in [-0.1, -0.05) is 24.3 Å². The van der Waals surface area contributed by atoms with Crippen LogP contribution in [0.2, 0.25) is 0 Å². The van der Waals surface area contributed by atoms with E-state index in [1.165, 1.54) is 18.1 Å². The van der Waals surface area contributed by atoms with Gasteiger partial charge in [-0.15, -0.1) is 0 Å². The van der Waals surface area contributed by atoms with Gasteiger partial charge >= 0.3 is 0 Å². The van der Waals surface area contributed by atoms with Gasteiger partial charge in [0.05, 0.1) is 18.4 Å². The highest BCUT2D eigenvalue weighted by Gasteiger charge is 2.24. The minimum absolute atomic E-state index is 0.136. The van der Waals surface area contributed by atoms with Crippen LogP contribution in [0.3, 0.4) is 0 Å². The van der Waals surface area contributed by atoms with E-state index in [2.05, 4.69) is 16.3 Å². The Morgan fingerprint density at radius 1 is 1.30 bits per heavy atom. The summed E-state index contributed by atoms with van der Waals surface area (Å²) < 4.78 is 4.93. The van der Waals surface area contributed by atoms with Gasteiger partial charge in [0, 0.05) is 19.1 Å². The molecule has 5 heteroatoms. The third-order valence-electron chi connectivity index (χ3n) is 4.42. The van der Waals surface area contributed by atoms with Crippen LogP contribution in [0, 0.1) is 0 Å². The minimum atomic E-state index is -0.136. The Kier molecular flexibility index (Phi) is 5.10. The fraction of sp³-hybridized carbons (Fsp3) is 0.389. The molecule has 2 aromatic rings. The van der Waals surface area contributed by atoms with Gasteiger partial charge in [-0.3, -0.25) is 9.69 Å². The van der Waals surface area contributed by atoms with Crippen molar-refractivity contribution in [3.8, 4) is 0 Å². The first-order valence-corrected chi connectivity index (χ1v) is 8.00. The maximum Gasteiger partial charge on any atom is 0.254 e. The largest absolute Gasteiger partial charge is 0.472 e. The third kappa shape index (κ3) is 3.81. The lowest BCUT2D eigenvalue weighted by molar-refractivity contribution is 0.0950. The monoisotopic (exact) mass is 314 g/mol. The lowest BCUT2D eigenvalue weighted by atomic mass is 10.1. The maximum atomic E-state index is 12.0. The number of carbonyl (C=O) groups excluding carboxylic acids is 1. The number of nitrogens with one attached hydrogen (secondary N) is 1. The van der Waals surface area contributed by atoms with Crippen LogP contribution < -0.4 is 5.32 Å². The summed E-state index contributed by atoms with van der Waals surface area (Å²) in [6.45, 7) is 2.52. The summed E-state index contributed by atoms with van der Waals surface area (Å²) in [6, 6.07) is 10.0. The van der Waals surface area contributed by atoms with Gasteiger partial charge < -0.3 is 14.8 Å². The molecule has 0 aliphatic carbocycles. The number of benzene rings is 1. The van der Waals surface area contributed by atoms with Gasteiger partial charge in [-0.2, -0.15) is 0 Å². The number of likely N-dealkylation sites (tertiary alicyclic amines) is 1. The second-order valence-corrected chi connectivity index (χ2v) is 5.91. The van der Waals surface area contributed by atoms with E-state index in [0.29, 0.717) is 12.1 Å². The molecule has 1 aromatic carbocycles. The SMILES string of the molecule is O=C(NCc1ccccc1CN1CCC[C@H]1CO)c1ccoc1. The number of furan rings is 1. The van der Waals surface area contributed by atoms with Crippen molar-refractivity contribution in [3.63, 3.8) is 0 Å². The molecular weight excluding hydrogens is 292 g/mol. The van der Waals surface area contributed by atoms with Crippen molar-refractivity contribution in [1.29, 1.82) is 0 Å². The average Bonchev–Trinajstić information content (AvgIpc) is 3.25. The molecule has 1 atom stereocenters. The molecule has 5 nitrogen and oxygen atoms in total. The topological polar surface area (TPSA) is 65.7 Å². The minimum Gasteiger partial charge on any atom is -0.472 e. The Bertz CT molecular complexity index is 639. The van der Waals surface area contributed by atoms with Gasteiger partial charge in [-0.25, -0.2) is 0 Å². The lowest BCUT2D eigenvalue weighted by Gasteiger charge is -2.24. The molecule has 0 saturated carbocycles. The standard InChI is InChI=1S/C18H22N2O3/c21-12-17-6-3-8-20(17)11-15-5-2-1-4-14(15)10-19-18(22)16-7-9-23-13-16/h1-2,4-5,7,9,13,17,21H,3,6,8,10-12H2,(H,19,22)/t17-/m0/s1. The molecule has 1 aliphatic rings. The van der Waals surface area contributed by atoms with E-state index in [1.807, 2.05) is 18.2 Å². The van der Waals surface area contributed by atoms with Crippen LogP contribution in [0.4, 0.5) is 0 Å². The molecule has 1 saturated heterocycles. The Hall–Kier alpha value is -2.11. The molecule has 0 spiro atoms. The van der Waals surface area contributed by atoms with Crippen LogP contribution in [0.25, 0.3) is 0 Å². The fourth-order valence-electron chi connectivity index (χ4n) is 3.08. The van der Waals surface area contributed by atoms with Crippen LogP contribution in [0.5, 0.6) is 0 Å². The molecule has 1 fully saturated rings. The average molecular weight is 314 g/mol. The molecule has 3 rings (SSSR count). The summed E-state index contributed by atoms with van der Waals surface area (Å²) in [5, 5.41) is 12.4. The summed E-state index contributed by atoms with van der Waals surface area (Å²) in [6.07, 6.45) is 5.11. The highest BCUT2D eigenvalue weighted by Crippen LogP contribution is 2.21. The van der Waals surface area contributed by atoms with Crippen LogP contribution in [0.1, 0.15) is 34.3 Å². The van der Waals surface area contributed by atoms with E-state index in [9.17, 15) is 9.90 Å². The van der Waals surface area contributed by atoms with Crippen molar-refractivity contribution in [2.24, 2.45) is 0 Å². The van der Waals surface area contributed by atoms with Gasteiger partial charge in [0.25, 0.3) is 5.91 Å². The van der Waals surface area contributed by atoms with Crippen molar-refractivity contribution in [2.45, 2.75) is 32.0 Å². The second kappa shape index (κ2) is 7.44. The van der Waals surface area contributed by atoms with E-state index in [4.69, 9.17) is 4.42 Å². The van der Waals surface area contributed by atoms with Crippen molar-refractivity contribution in [2.75, 3.05) is 13.2 Å². The van der Waals surface area contributed by atoms with E-state index in [1.54, 1.807) is 6.07 Å². The zero-order chi connectivity index (χ0) is 16.1. The van der Waals surface area contributed by atoms with Crippen molar-refractivity contribution >= 4 is 5.91 Å². The molecular formula is C18H22N2O3. The van der Waals surface area contributed by atoms with E-state index in [0.717, 1.165) is 31.5 Å². The van der Waals surface area contributed by atoms with Gasteiger partial charge in [0.1, 0.15) is 6.26 Å². The Morgan fingerprint density at radius 2 is 2.13 bits per heavy atom. The summed E-state index contributed by atoms with van der Waals surface area (Å²) in [7, 11) is 0. The molecule has 1 aliphatic heterocycles. The second-order valence-electron chi connectivity index (χ2n) is 5.91. The number of hydrogen-bond donors (Lipinski definition) is 2. The first-order valence-electron chi connectivity index (χ1n) is 8.00. The molecule has 2 N–H and O–H groups in total.